The Kier molecular flexibility index (Phi) is 5.35. The number of nitrogens with zero attached hydrogens (tertiary/aromatic N) is 2. The lowest BCUT2D eigenvalue weighted by Gasteiger charge is -2.30. The number of ether oxygens (including phenoxy) is 1. The van der Waals surface area contributed by atoms with Gasteiger partial charge in [-0.15, -0.1) is 0 Å². The van der Waals surface area contributed by atoms with Crippen LogP contribution in [0.3, 0.4) is 0 Å². The molecule has 0 bridgehead atoms. The highest BCUT2D eigenvalue weighted by atomic mass is 16.5. The molecule has 1 aliphatic rings. The van der Waals surface area contributed by atoms with E-state index in [-0.39, 0.29) is 5.60 Å². The summed E-state index contributed by atoms with van der Waals surface area (Å²) in [4.78, 5) is 9.41. The van der Waals surface area contributed by atoms with Crippen LogP contribution in [0.2, 0.25) is 0 Å². The van der Waals surface area contributed by atoms with Gasteiger partial charge in [0.05, 0.1) is 0 Å². The van der Waals surface area contributed by atoms with Gasteiger partial charge in [-0.2, -0.15) is 0 Å². The third kappa shape index (κ3) is 3.48. The summed E-state index contributed by atoms with van der Waals surface area (Å²) in [6, 6.07) is 2.01. The Morgan fingerprint density at radius 1 is 1.20 bits per heavy atom. The van der Waals surface area contributed by atoms with Gasteiger partial charge in [0.2, 0.25) is 0 Å². The molecule has 1 saturated carbocycles. The zero-order valence-electron chi connectivity index (χ0n) is 13.0. The van der Waals surface area contributed by atoms with Gasteiger partial charge in [-0.1, -0.05) is 32.6 Å². The minimum Gasteiger partial charge on any atom is -0.370 e. The van der Waals surface area contributed by atoms with Crippen LogP contribution in [0.25, 0.3) is 0 Å². The molecular weight excluding hydrogens is 250 g/mol. The fraction of sp³-hybridized carbons (Fsp3) is 0.750. The molecular formula is C16H27N3O. The average molecular weight is 277 g/mol. The normalized spacial score (nSPS) is 18.6. The van der Waals surface area contributed by atoms with E-state index in [2.05, 4.69) is 17.2 Å². The maximum Gasteiger partial charge on any atom is 0.162 e. The lowest BCUT2D eigenvalue weighted by Crippen LogP contribution is -2.31. The minimum atomic E-state index is -0.287. The maximum absolute atomic E-state index is 5.91. The highest BCUT2D eigenvalue weighted by molar-refractivity contribution is 5.36. The van der Waals surface area contributed by atoms with Crippen LogP contribution in [0.15, 0.2) is 6.07 Å². The fourth-order valence-electron chi connectivity index (χ4n) is 2.93. The van der Waals surface area contributed by atoms with E-state index in [1.54, 1.807) is 7.11 Å². The smallest absolute Gasteiger partial charge is 0.162 e. The van der Waals surface area contributed by atoms with Gasteiger partial charge in [0.15, 0.2) is 5.82 Å². The van der Waals surface area contributed by atoms with E-state index in [9.17, 15) is 0 Å². The molecule has 2 rings (SSSR count). The number of hydrogen-bond donors (Lipinski definition) is 1. The molecule has 0 radical (unpaired) electrons. The predicted molar refractivity (Wildman–Crippen MR) is 81.9 cm³/mol. The Bertz CT molecular complexity index is 426. The number of aromatic nitrogens is 2. The van der Waals surface area contributed by atoms with Crippen LogP contribution in [0.1, 0.15) is 63.4 Å². The van der Waals surface area contributed by atoms with Crippen molar-refractivity contribution in [3.8, 4) is 0 Å². The Morgan fingerprint density at radius 2 is 1.90 bits per heavy atom. The fourth-order valence-corrected chi connectivity index (χ4v) is 2.93. The molecule has 4 nitrogen and oxygen atoms in total. The summed E-state index contributed by atoms with van der Waals surface area (Å²) in [5, 5.41) is 3.36. The van der Waals surface area contributed by atoms with E-state index in [4.69, 9.17) is 9.72 Å². The summed E-state index contributed by atoms with van der Waals surface area (Å²) >= 11 is 0. The monoisotopic (exact) mass is 277 g/mol. The Labute approximate surface area is 122 Å². The summed E-state index contributed by atoms with van der Waals surface area (Å²) in [6.07, 6.45) is 8.12. The molecule has 4 heteroatoms. The molecule has 0 unspecified atom stereocenters. The predicted octanol–water partition coefficient (Wildman–Crippen LogP) is 3.80. The van der Waals surface area contributed by atoms with Crippen molar-refractivity contribution in [1.29, 1.82) is 0 Å². The first-order valence-corrected chi connectivity index (χ1v) is 7.85. The molecule has 1 aromatic rings. The summed E-state index contributed by atoms with van der Waals surface area (Å²) in [5.74, 6) is 1.79. The molecule has 1 fully saturated rings. The van der Waals surface area contributed by atoms with Crippen LogP contribution in [0.4, 0.5) is 5.82 Å². The molecule has 0 saturated heterocycles. The summed E-state index contributed by atoms with van der Waals surface area (Å²) < 4.78 is 5.91. The van der Waals surface area contributed by atoms with Gasteiger partial charge in [-0.05, 0) is 26.2 Å². The highest BCUT2D eigenvalue weighted by Crippen LogP contribution is 2.37. The van der Waals surface area contributed by atoms with Crippen LogP contribution < -0.4 is 5.32 Å². The van der Waals surface area contributed by atoms with Gasteiger partial charge in [-0.25, -0.2) is 9.97 Å². The van der Waals surface area contributed by atoms with Gasteiger partial charge in [0.25, 0.3) is 0 Å². The van der Waals surface area contributed by atoms with Crippen LogP contribution in [-0.4, -0.2) is 23.6 Å². The van der Waals surface area contributed by atoms with Crippen molar-refractivity contribution in [1.82, 2.24) is 9.97 Å². The highest BCUT2D eigenvalue weighted by Gasteiger charge is 2.36. The molecule has 112 valence electrons. The summed E-state index contributed by atoms with van der Waals surface area (Å²) in [7, 11) is 1.80. The number of hydrogen-bond acceptors (Lipinski definition) is 4. The van der Waals surface area contributed by atoms with Crippen molar-refractivity contribution in [3.05, 3.63) is 17.6 Å². The largest absolute Gasteiger partial charge is 0.370 e. The number of methoxy groups -OCH3 is 1. The zero-order valence-corrected chi connectivity index (χ0v) is 13.0. The molecule has 0 atom stereocenters. The van der Waals surface area contributed by atoms with E-state index in [1.165, 1.54) is 25.7 Å². The van der Waals surface area contributed by atoms with Gasteiger partial charge in [-0.3, -0.25) is 0 Å². The third-order valence-corrected chi connectivity index (χ3v) is 4.12. The second kappa shape index (κ2) is 7.02. The van der Waals surface area contributed by atoms with Crippen LogP contribution >= 0.6 is 0 Å². The first-order valence-electron chi connectivity index (χ1n) is 7.85. The van der Waals surface area contributed by atoms with Crippen molar-refractivity contribution in [3.63, 3.8) is 0 Å². The van der Waals surface area contributed by atoms with Gasteiger partial charge in [0.1, 0.15) is 11.4 Å². The molecule has 20 heavy (non-hydrogen) atoms. The van der Waals surface area contributed by atoms with E-state index < -0.39 is 0 Å². The van der Waals surface area contributed by atoms with Crippen molar-refractivity contribution in [2.45, 2.75) is 64.4 Å². The number of aryl methyl sites for hydroxylation is 1. The third-order valence-electron chi connectivity index (χ3n) is 4.12. The van der Waals surface area contributed by atoms with Crippen molar-refractivity contribution in [2.75, 3.05) is 19.0 Å². The maximum atomic E-state index is 5.91. The zero-order chi connectivity index (χ0) is 14.4. The molecule has 0 spiro atoms. The lowest BCUT2D eigenvalue weighted by atomic mass is 9.93. The Balaban J connectivity index is 2.30. The van der Waals surface area contributed by atoms with Crippen LogP contribution in [-0.2, 0) is 10.3 Å². The standard InChI is InChI=1S/C16H27N3O/c1-4-11-17-14-12-13(2)18-15(19-14)16(20-3)9-7-5-6-8-10-16/h12H,4-11H2,1-3H3,(H,17,18,19). The van der Waals surface area contributed by atoms with Gasteiger partial charge >= 0.3 is 0 Å². The van der Waals surface area contributed by atoms with Crippen LogP contribution in [0.5, 0.6) is 0 Å². The van der Waals surface area contributed by atoms with E-state index in [0.29, 0.717) is 0 Å². The van der Waals surface area contributed by atoms with Gasteiger partial charge < -0.3 is 10.1 Å². The molecule has 0 amide bonds. The first kappa shape index (κ1) is 15.2. The minimum absolute atomic E-state index is 0.287. The number of rotatable bonds is 5. The van der Waals surface area contributed by atoms with Crippen LogP contribution in [0, 0.1) is 6.92 Å². The van der Waals surface area contributed by atoms with Crippen molar-refractivity contribution >= 4 is 5.82 Å². The SMILES string of the molecule is CCCNc1cc(C)nc(C2(OC)CCCCCC2)n1. The molecule has 1 heterocycles. The molecule has 1 aliphatic carbocycles. The molecule has 0 aromatic carbocycles. The summed E-state index contributed by atoms with van der Waals surface area (Å²) in [5.41, 5.74) is 0.722. The lowest BCUT2D eigenvalue weighted by molar-refractivity contribution is -0.0351. The van der Waals surface area contributed by atoms with E-state index >= 15 is 0 Å². The topological polar surface area (TPSA) is 47.0 Å². The van der Waals surface area contributed by atoms with E-state index in [1.807, 2.05) is 13.0 Å². The second-order valence-electron chi connectivity index (χ2n) is 5.76. The molecule has 1 aromatic heterocycles. The molecule has 0 aliphatic heterocycles. The first-order chi connectivity index (χ1) is 9.70. The average Bonchev–Trinajstić information content (AvgIpc) is 2.71. The van der Waals surface area contributed by atoms with Crippen molar-refractivity contribution in [2.24, 2.45) is 0 Å². The van der Waals surface area contributed by atoms with Gasteiger partial charge in [0, 0.05) is 25.4 Å². The Morgan fingerprint density at radius 3 is 2.50 bits per heavy atom. The summed E-state index contributed by atoms with van der Waals surface area (Å²) in [6.45, 7) is 5.13. The quantitative estimate of drug-likeness (QED) is 0.832. The number of nitrogens with one attached hydrogen (secondary N) is 1. The Hall–Kier alpha value is -1.16. The second-order valence-corrected chi connectivity index (χ2v) is 5.76. The number of anilines is 1. The van der Waals surface area contributed by atoms with E-state index in [0.717, 1.165) is 43.1 Å². The molecule has 1 N–H and O–H groups in total. The van der Waals surface area contributed by atoms with Crippen molar-refractivity contribution < 1.29 is 4.74 Å².